The molecule has 1 atom stereocenters. The van der Waals surface area contributed by atoms with Crippen molar-refractivity contribution in [1.29, 1.82) is 0 Å². The van der Waals surface area contributed by atoms with Crippen molar-refractivity contribution in [3.8, 4) is 5.75 Å². The van der Waals surface area contributed by atoms with Gasteiger partial charge in [-0.1, -0.05) is 25.1 Å². The Morgan fingerprint density at radius 1 is 1.36 bits per heavy atom. The van der Waals surface area contributed by atoms with Gasteiger partial charge in [0.1, 0.15) is 5.75 Å². The molecule has 1 aromatic carbocycles. The van der Waals surface area contributed by atoms with Gasteiger partial charge < -0.3 is 5.11 Å². The first-order chi connectivity index (χ1) is 12.3. The van der Waals surface area contributed by atoms with E-state index < -0.39 is 12.9 Å². The Morgan fingerprint density at radius 2 is 2.27 bits per heavy atom. The SMILES string of the molecule is [2H]C([2H])(c1cccs1)C([2H])([2H])N(CCC)[C@@H]1CCc2c(O)cccc2C1. The number of hydrogen-bond donors (Lipinski definition) is 1. The minimum atomic E-state index is -2.12. The molecule has 22 heavy (non-hydrogen) atoms. The summed E-state index contributed by atoms with van der Waals surface area (Å²) in [6, 6.07) is 8.83. The first-order valence-electron chi connectivity index (χ1n) is 9.89. The molecule has 1 aliphatic rings. The zero-order valence-corrected chi connectivity index (χ0v) is 13.7. The van der Waals surface area contributed by atoms with Crippen LogP contribution in [0.4, 0.5) is 0 Å². The number of aryl methyl sites for hydroxylation is 1. The molecule has 0 fully saturated rings. The predicted octanol–water partition coefficient (Wildman–Crippen LogP) is 4.27. The van der Waals surface area contributed by atoms with E-state index in [2.05, 4.69) is 0 Å². The third-order valence-corrected chi connectivity index (χ3v) is 4.97. The van der Waals surface area contributed by atoms with Crippen LogP contribution >= 0.6 is 11.3 Å². The zero-order valence-electron chi connectivity index (χ0n) is 16.9. The van der Waals surface area contributed by atoms with Crippen LogP contribution in [0.5, 0.6) is 5.75 Å². The van der Waals surface area contributed by atoms with Gasteiger partial charge in [0, 0.05) is 22.9 Å². The average molecular weight is 320 g/mol. The number of phenolic OH excluding ortho intramolecular Hbond substituents is 1. The van der Waals surface area contributed by atoms with Crippen LogP contribution in [-0.2, 0) is 19.2 Å². The van der Waals surface area contributed by atoms with Gasteiger partial charge in [0.15, 0.2) is 0 Å². The highest BCUT2D eigenvalue weighted by Gasteiger charge is 2.25. The number of thiophene rings is 1. The van der Waals surface area contributed by atoms with E-state index in [1.807, 2.05) is 19.1 Å². The molecule has 2 aromatic rings. The van der Waals surface area contributed by atoms with Crippen molar-refractivity contribution >= 4 is 11.3 Å². The van der Waals surface area contributed by atoms with E-state index in [-0.39, 0.29) is 6.04 Å². The highest BCUT2D eigenvalue weighted by molar-refractivity contribution is 7.09. The van der Waals surface area contributed by atoms with Crippen molar-refractivity contribution in [3.63, 3.8) is 0 Å². The quantitative estimate of drug-likeness (QED) is 0.859. The van der Waals surface area contributed by atoms with Crippen LogP contribution in [0.15, 0.2) is 35.7 Å². The van der Waals surface area contributed by atoms with E-state index in [4.69, 9.17) is 5.48 Å². The van der Waals surface area contributed by atoms with Crippen LogP contribution in [0.3, 0.4) is 0 Å². The smallest absolute Gasteiger partial charge is 0.119 e. The molecule has 0 spiro atoms. The second-order valence-corrected chi connectivity index (χ2v) is 6.67. The van der Waals surface area contributed by atoms with Crippen molar-refractivity contribution in [2.45, 2.75) is 45.0 Å². The largest absolute Gasteiger partial charge is 0.508 e. The van der Waals surface area contributed by atoms with E-state index in [0.717, 1.165) is 17.5 Å². The molecule has 0 aliphatic heterocycles. The first-order valence-corrected chi connectivity index (χ1v) is 8.77. The molecule has 0 unspecified atom stereocenters. The van der Waals surface area contributed by atoms with Crippen LogP contribution < -0.4 is 0 Å². The maximum Gasteiger partial charge on any atom is 0.119 e. The molecular weight excluding hydrogens is 290 g/mol. The topological polar surface area (TPSA) is 23.5 Å². The second kappa shape index (κ2) is 7.30. The van der Waals surface area contributed by atoms with Gasteiger partial charge in [-0.3, -0.25) is 4.90 Å². The minimum absolute atomic E-state index is 0.0886. The van der Waals surface area contributed by atoms with Crippen molar-refractivity contribution in [2.75, 3.05) is 13.0 Å². The Hall–Kier alpha value is -1.32. The number of benzene rings is 1. The summed E-state index contributed by atoms with van der Waals surface area (Å²) in [4.78, 5) is 2.12. The summed E-state index contributed by atoms with van der Waals surface area (Å²) in [5, 5.41) is 11.8. The highest BCUT2D eigenvalue weighted by atomic mass is 32.1. The third kappa shape index (κ3) is 3.53. The summed E-state index contributed by atoms with van der Waals surface area (Å²) < 4.78 is 34.4. The van der Waals surface area contributed by atoms with E-state index in [1.54, 1.807) is 28.5 Å². The van der Waals surface area contributed by atoms with Crippen LogP contribution in [0, 0.1) is 0 Å². The Balaban J connectivity index is 1.92. The van der Waals surface area contributed by atoms with Gasteiger partial charge in [0.25, 0.3) is 0 Å². The molecule has 118 valence electrons. The van der Waals surface area contributed by atoms with E-state index in [1.165, 1.54) is 11.3 Å². The van der Waals surface area contributed by atoms with E-state index in [0.29, 0.717) is 36.4 Å². The summed E-state index contributed by atoms with van der Waals surface area (Å²) in [6.45, 7) is 0.371. The van der Waals surface area contributed by atoms with E-state index >= 15 is 0 Å². The summed E-state index contributed by atoms with van der Waals surface area (Å²) in [5.74, 6) is 0.305. The number of rotatable bonds is 6. The Bertz CT molecular complexity index is 748. The maximum absolute atomic E-state index is 10.1. The van der Waals surface area contributed by atoms with Crippen molar-refractivity contribution in [1.82, 2.24) is 4.90 Å². The second-order valence-electron chi connectivity index (χ2n) is 5.72. The molecule has 0 radical (unpaired) electrons. The first kappa shape index (κ1) is 11.3. The monoisotopic (exact) mass is 319 g/mol. The lowest BCUT2D eigenvalue weighted by Crippen LogP contribution is -2.41. The molecule has 3 heteroatoms. The summed E-state index contributed by atoms with van der Waals surface area (Å²) >= 11 is 1.25. The lowest BCUT2D eigenvalue weighted by atomic mass is 9.86. The van der Waals surface area contributed by atoms with E-state index in [9.17, 15) is 5.11 Å². The van der Waals surface area contributed by atoms with Crippen molar-refractivity contribution in [3.05, 3.63) is 51.7 Å². The van der Waals surface area contributed by atoms with Gasteiger partial charge in [0.05, 0.1) is 0 Å². The molecule has 1 aromatic heterocycles. The number of phenols is 1. The number of aromatic hydroxyl groups is 1. The fourth-order valence-corrected chi connectivity index (χ4v) is 3.65. The molecule has 0 bridgehead atoms. The Morgan fingerprint density at radius 3 is 3.05 bits per heavy atom. The van der Waals surface area contributed by atoms with Crippen LogP contribution in [0.25, 0.3) is 0 Å². The Labute approximate surface area is 143 Å². The maximum atomic E-state index is 10.1. The molecule has 1 aliphatic carbocycles. The fraction of sp³-hybridized carbons (Fsp3) is 0.474. The summed E-state index contributed by atoms with van der Waals surface area (Å²) in [7, 11) is 0. The fourth-order valence-electron chi connectivity index (χ4n) is 3.08. The van der Waals surface area contributed by atoms with Gasteiger partial charge in [-0.15, -0.1) is 11.3 Å². The molecule has 2 nitrogen and oxygen atoms in total. The lowest BCUT2D eigenvalue weighted by Gasteiger charge is -2.35. The molecule has 1 heterocycles. The molecule has 1 N–H and O–H groups in total. The summed E-state index contributed by atoms with van der Waals surface area (Å²) in [6.07, 6.45) is 0.693. The molecule has 3 rings (SSSR count). The number of fused-ring (bicyclic) bond motifs is 1. The van der Waals surface area contributed by atoms with Crippen molar-refractivity contribution < 1.29 is 10.6 Å². The molecule has 0 amide bonds. The van der Waals surface area contributed by atoms with Crippen molar-refractivity contribution in [2.24, 2.45) is 0 Å². The molecule has 0 saturated carbocycles. The number of nitrogens with zero attached hydrogens (tertiary/aromatic N) is 1. The van der Waals surface area contributed by atoms with Crippen LogP contribution in [0.2, 0.25) is 0 Å². The van der Waals surface area contributed by atoms with Gasteiger partial charge in [-0.2, -0.15) is 0 Å². The van der Waals surface area contributed by atoms with Gasteiger partial charge in [-0.05, 0) is 67.2 Å². The molecular formula is C19H25NOS. The highest BCUT2D eigenvalue weighted by Crippen LogP contribution is 2.30. The normalized spacial score (nSPS) is 21.6. The standard InChI is InChI=1S/C19H25NOS/c1-2-11-20(12-10-17-6-4-13-22-17)16-8-9-18-15(14-16)5-3-7-19(18)21/h3-7,13,16,21H,2,8-12,14H2,1H3/t16-/m1/s1/i10D2,12D2. The summed E-state index contributed by atoms with van der Waals surface area (Å²) in [5.41, 5.74) is 1.98. The minimum Gasteiger partial charge on any atom is -0.508 e. The van der Waals surface area contributed by atoms with Crippen LogP contribution in [0.1, 0.15) is 41.3 Å². The Kier molecular flexibility index (Phi) is 3.73. The number of hydrogen-bond acceptors (Lipinski definition) is 3. The van der Waals surface area contributed by atoms with Gasteiger partial charge in [-0.25, -0.2) is 0 Å². The predicted molar refractivity (Wildman–Crippen MR) is 93.8 cm³/mol. The average Bonchev–Trinajstić information content (AvgIpc) is 3.14. The zero-order chi connectivity index (χ0) is 18.9. The third-order valence-electron chi connectivity index (χ3n) is 4.18. The molecule has 0 saturated heterocycles. The van der Waals surface area contributed by atoms with Crippen LogP contribution in [-0.4, -0.2) is 29.1 Å². The lowest BCUT2D eigenvalue weighted by molar-refractivity contribution is 0.181. The van der Waals surface area contributed by atoms with Gasteiger partial charge >= 0.3 is 0 Å². The van der Waals surface area contributed by atoms with Gasteiger partial charge in [0.2, 0.25) is 0 Å².